The van der Waals surface area contributed by atoms with Crippen molar-refractivity contribution in [2.24, 2.45) is 10.9 Å². The summed E-state index contributed by atoms with van der Waals surface area (Å²) in [6.07, 6.45) is 5.37. The van der Waals surface area contributed by atoms with Crippen LogP contribution < -0.4 is 20.1 Å². The van der Waals surface area contributed by atoms with Crippen LogP contribution in [0.1, 0.15) is 32.6 Å². The lowest BCUT2D eigenvalue weighted by molar-refractivity contribution is 0.0971. The largest absolute Gasteiger partial charge is 0.486 e. The summed E-state index contributed by atoms with van der Waals surface area (Å²) in [5.41, 5.74) is 0. The van der Waals surface area contributed by atoms with E-state index in [4.69, 9.17) is 9.47 Å². The van der Waals surface area contributed by atoms with Crippen molar-refractivity contribution in [1.29, 1.82) is 0 Å². The van der Waals surface area contributed by atoms with Crippen LogP contribution in [0.2, 0.25) is 0 Å². The summed E-state index contributed by atoms with van der Waals surface area (Å²) in [6, 6.07) is 7.78. The number of nitrogens with zero attached hydrogens (tertiary/aromatic N) is 1. The molecule has 0 spiro atoms. The molecule has 1 saturated carbocycles. The van der Waals surface area contributed by atoms with E-state index in [-0.39, 0.29) is 30.1 Å². The van der Waals surface area contributed by atoms with Gasteiger partial charge in [-0.15, -0.1) is 24.0 Å². The number of halogens is 1. The highest BCUT2D eigenvalue weighted by Gasteiger charge is 2.21. The highest BCUT2D eigenvalue weighted by Crippen LogP contribution is 2.33. The van der Waals surface area contributed by atoms with Gasteiger partial charge in [-0.05, 0) is 37.8 Å². The maximum atomic E-state index is 5.94. The van der Waals surface area contributed by atoms with Gasteiger partial charge in [-0.1, -0.05) is 25.0 Å². The summed E-state index contributed by atoms with van der Waals surface area (Å²) in [5.74, 6) is 3.48. The van der Waals surface area contributed by atoms with Crippen molar-refractivity contribution in [3.05, 3.63) is 24.3 Å². The molecule has 1 fully saturated rings. The highest BCUT2D eigenvalue weighted by atomic mass is 127. The fraction of sp³-hybridized carbons (Fsp3) is 0.611. The molecule has 6 heteroatoms. The van der Waals surface area contributed by atoms with Gasteiger partial charge in [-0.2, -0.15) is 0 Å². The molecule has 2 N–H and O–H groups in total. The summed E-state index contributed by atoms with van der Waals surface area (Å²) >= 11 is 0. The maximum Gasteiger partial charge on any atom is 0.191 e. The first kappa shape index (κ1) is 19.1. The molecule has 1 atom stereocenters. The average molecular weight is 445 g/mol. The van der Waals surface area contributed by atoms with Crippen LogP contribution in [-0.2, 0) is 0 Å². The van der Waals surface area contributed by atoms with Crippen LogP contribution in [0.25, 0.3) is 0 Å². The number of guanidine groups is 1. The summed E-state index contributed by atoms with van der Waals surface area (Å²) in [7, 11) is 0. The van der Waals surface area contributed by atoms with Crippen molar-refractivity contribution < 1.29 is 9.47 Å². The Labute approximate surface area is 161 Å². The number of ether oxygens (including phenoxy) is 2. The number of hydrogen-bond donors (Lipinski definition) is 2. The Morgan fingerprint density at radius 2 is 2.00 bits per heavy atom. The Bertz CT molecular complexity index is 535. The highest BCUT2D eigenvalue weighted by molar-refractivity contribution is 14.0. The molecule has 134 valence electrons. The third kappa shape index (κ3) is 6.03. The molecule has 1 aromatic rings. The Kier molecular flexibility index (Phi) is 7.94. The molecule has 1 aliphatic heterocycles. The van der Waals surface area contributed by atoms with Gasteiger partial charge in [0.05, 0.1) is 6.54 Å². The van der Waals surface area contributed by atoms with Crippen LogP contribution in [-0.4, -0.2) is 38.3 Å². The molecule has 5 nitrogen and oxygen atoms in total. The van der Waals surface area contributed by atoms with Gasteiger partial charge in [0.1, 0.15) is 6.61 Å². The van der Waals surface area contributed by atoms with E-state index < -0.39 is 0 Å². The van der Waals surface area contributed by atoms with Crippen molar-refractivity contribution >= 4 is 29.9 Å². The molecule has 1 aromatic carbocycles. The first-order chi connectivity index (χ1) is 11.3. The van der Waals surface area contributed by atoms with Gasteiger partial charge in [0.2, 0.25) is 0 Å². The van der Waals surface area contributed by atoms with Crippen LogP contribution in [0.3, 0.4) is 0 Å². The zero-order valence-corrected chi connectivity index (χ0v) is 16.6. The predicted octanol–water partition coefficient (Wildman–Crippen LogP) is 3.19. The molecular weight excluding hydrogens is 417 g/mol. The molecular formula is C18H28IN3O2. The van der Waals surface area contributed by atoms with Gasteiger partial charge in [0.25, 0.3) is 0 Å². The van der Waals surface area contributed by atoms with E-state index in [0.717, 1.165) is 36.5 Å². The molecule has 1 unspecified atom stereocenters. The molecule has 0 aromatic heterocycles. The number of nitrogens with one attached hydrogen (secondary N) is 2. The second-order valence-electron chi connectivity index (χ2n) is 6.23. The van der Waals surface area contributed by atoms with Gasteiger partial charge in [-0.3, -0.25) is 0 Å². The number of fused-ring (bicyclic) bond motifs is 1. The molecule has 2 aliphatic rings. The van der Waals surface area contributed by atoms with Gasteiger partial charge in [0.15, 0.2) is 23.6 Å². The zero-order chi connectivity index (χ0) is 15.9. The average Bonchev–Trinajstić information content (AvgIpc) is 3.40. The Morgan fingerprint density at radius 1 is 1.21 bits per heavy atom. The summed E-state index contributed by atoms with van der Waals surface area (Å²) < 4.78 is 11.7. The van der Waals surface area contributed by atoms with Gasteiger partial charge in [-0.25, -0.2) is 4.99 Å². The van der Waals surface area contributed by atoms with Crippen molar-refractivity contribution in [2.45, 2.75) is 38.7 Å². The summed E-state index contributed by atoms with van der Waals surface area (Å²) in [6.45, 7) is 5.05. The second kappa shape index (κ2) is 9.96. The topological polar surface area (TPSA) is 54.9 Å². The molecule has 3 rings (SSSR count). The first-order valence-corrected chi connectivity index (χ1v) is 8.76. The van der Waals surface area contributed by atoms with Crippen molar-refractivity contribution in [1.82, 2.24) is 10.6 Å². The monoisotopic (exact) mass is 445 g/mol. The fourth-order valence-corrected chi connectivity index (χ4v) is 2.69. The van der Waals surface area contributed by atoms with Gasteiger partial charge >= 0.3 is 0 Å². The lowest BCUT2D eigenvalue weighted by Gasteiger charge is -2.25. The lowest BCUT2D eigenvalue weighted by atomic mass is 10.2. The number of para-hydroxylation sites is 2. The number of rotatable bonds is 7. The first-order valence-electron chi connectivity index (χ1n) is 8.76. The predicted molar refractivity (Wildman–Crippen MR) is 108 cm³/mol. The summed E-state index contributed by atoms with van der Waals surface area (Å²) in [4.78, 5) is 4.63. The maximum absolute atomic E-state index is 5.94. The standard InChI is InChI=1S/C18H27N3O2.HI/c1-2-19-18(20-11-5-6-14-9-10-14)21-12-15-13-22-16-7-3-4-8-17(16)23-15;/h3-4,7-8,14-15H,2,5-6,9-13H2,1H3,(H2,19,20,21);1H. The van der Waals surface area contributed by atoms with E-state index in [1.807, 2.05) is 24.3 Å². The lowest BCUT2D eigenvalue weighted by Crippen LogP contribution is -2.39. The smallest absolute Gasteiger partial charge is 0.191 e. The molecule has 1 heterocycles. The van der Waals surface area contributed by atoms with E-state index in [2.05, 4.69) is 22.5 Å². The van der Waals surface area contributed by atoms with Crippen LogP contribution in [0, 0.1) is 5.92 Å². The van der Waals surface area contributed by atoms with Crippen LogP contribution in [0.5, 0.6) is 11.5 Å². The Hall–Kier alpha value is -1.18. The van der Waals surface area contributed by atoms with E-state index in [1.165, 1.54) is 25.7 Å². The quantitative estimate of drug-likeness (QED) is 0.293. The van der Waals surface area contributed by atoms with E-state index in [9.17, 15) is 0 Å². The Balaban J connectivity index is 0.00000208. The molecule has 0 saturated heterocycles. The van der Waals surface area contributed by atoms with E-state index in [0.29, 0.717) is 13.2 Å². The zero-order valence-electron chi connectivity index (χ0n) is 14.3. The van der Waals surface area contributed by atoms with Crippen molar-refractivity contribution in [3.63, 3.8) is 0 Å². The van der Waals surface area contributed by atoms with Gasteiger partial charge < -0.3 is 20.1 Å². The molecule has 1 aliphatic carbocycles. The van der Waals surface area contributed by atoms with E-state index in [1.54, 1.807) is 0 Å². The third-order valence-electron chi connectivity index (χ3n) is 4.14. The van der Waals surface area contributed by atoms with Gasteiger partial charge in [0, 0.05) is 13.1 Å². The van der Waals surface area contributed by atoms with Crippen LogP contribution in [0.4, 0.5) is 0 Å². The molecule has 0 radical (unpaired) electrons. The van der Waals surface area contributed by atoms with Crippen LogP contribution >= 0.6 is 24.0 Å². The number of aliphatic imine (C=N–C) groups is 1. The van der Waals surface area contributed by atoms with E-state index >= 15 is 0 Å². The van der Waals surface area contributed by atoms with Crippen molar-refractivity contribution in [3.8, 4) is 11.5 Å². The number of benzene rings is 1. The third-order valence-corrected chi connectivity index (χ3v) is 4.14. The minimum absolute atomic E-state index is 0. The molecule has 0 amide bonds. The second-order valence-corrected chi connectivity index (χ2v) is 6.23. The SMILES string of the molecule is CCNC(=NCC1COc2ccccc2O1)NCCCC1CC1.I. The Morgan fingerprint density at radius 3 is 2.75 bits per heavy atom. The minimum atomic E-state index is -0.0354. The normalized spacial score (nSPS) is 19.4. The molecule has 24 heavy (non-hydrogen) atoms. The van der Waals surface area contributed by atoms with Crippen LogP contribution in [0.15, 0.2) is 29.3 Å². The molecule has 0 bridgehead atoms. The minimum Gasteiger partial charge on any atom is -0.486 e. The number of hydrogen-bond acceptors (Lipinski definition) is 3. The fourth-order valence-electron chi connectivity index (χ4n) is 2.69. The summed E-state index contributed by atoms with van der Waals surface area (Å²) in [5, 5.41) is 6.69. The van der Waals surface area contributed by atoms with Crippen molar-refractivity contribution in [2.75, 3.05) is 26.2 Å².